The first-order valence-corrected chi connectivity index (χ1v) is 9.09. The molecular weight excluding hydrogens is 368 g/mol. The molecule has 0 saturated carbocycles. The van der Waals surface area contributed by atoms with E-state index in [0.29, 0.717) is 6.42 Å². The minimum atomic E-state index is -0.958. The molecule has 0 fully saturated rings. The van der Waals surface area contributed by atoms with Crippen LogP contribution in [0.3, 0.4) is 0 Å². The van der Waals surface area contributed by atoms with Crippen LogP contribution < -0.4 is 0 Å². The Balaban J connectivity index is 1.80. The summed E-state index contributed by atoms with van der Waals surface area (Å²) in [5.74, 6) is 0. The SMILES string of the molecule is O[C@]1(c2cccc(-c3nc(Br)cs3)c2)CCc2scnc21. The maximum absolute atomic E-state index is 11.1. The standard InChI is InChI=1S/C15H11BrN2OS2/c16-12-7-20-14(18-12)9-2-1-3-10(6-9)15(19)5-4-11-13(15)17-8-21-11/h1-3,6-8,19H,4-5H2/t15-/m0/s1. The van der Waals surface area contributed by atoms with Crippen molar-refractivity contribution < 1.29 is 5.11 Å². The van der Waals surface area contributed by atoms with Crippen molar-refractivity contribution in [2.45, 2.75) is 18.4 Å². The van der Waals surface area contributed by atoms with Gasteiger partial charge in [0.1, 0.15) is 15.2 Å². The van der Waals surface area contributed by atoms with E-state index in [1.807, 2.05) is 35.2 Å². The van der Waals surface area contributed by atoms with Crippen molar-refractivity contribution in [3.63, 3.8) is 0 Å². The van der Waals surface area contributed by atoms with E-state index >= 15 is 0 Å². The maximum atomic E-state index is 11.1. The molecule has 0 spiro atoms. The Kier molecular flexibility index (Phi) is 3.22. The molecule has 3 aromatic rings. The molecule has 1 aliphatic carbocycles. The van der Waals surface area contributed by atoms with Crippen molar-refractivity contribution in [3.8, 4) is 10.6 Å². The van der Waals surface area contributed by atoms with Crippen molar-refractivity contribution in [1.82, 2.24) is 9.97 Å². The molecule has 1 aliphatic rings. The number of hydrogen-bond acceptors (Lipinski definition) is 5. The second-order valence-electron chi connectivity index (χ2n) is 5.04. The summed E-state index contributed by atoms with van der Waals surface area (Å²) in [4.78, 5) is 10.0. The predicted octanol–water partition coefficient (Wildman–Crippen LogP) is 4.21. The zero-order valence-electron chi connectivity index (χ0n) is 10.9. The Bertz CT molecular complexity index is 813. The minimum absolute atomic E-state index is 0.701. The molecule has 0 unspecified atom stereocenters. The molecule has 0 radical (unpaired) electrons. The molecule has 1 N–H and O–H groups in total. The summed E-state index contributed by atoms with van der Waals surface area (Å²) in [6, 6.07) is 8.00. The first kappa shape index (κ1) is 13.6. The van der Waals surface area contributed by atoms with Gasteiger partial charge in [-0.2, -0.15) is 0 Å². The van der Waals surface area contributed by atoms with Gasteiger partial charge in [0.15, 0.2) is 0 Å². The average molecular weight is 379 g/mol. The highest BCUT2D eigenvalue weighted by Crippen LogP contribution is 2.43. The molecule has 2 aromatic heterocycles. The number of thiazole rings is 2. The molecular formula is C15H11BrN2OS2. The number of benzene rings is 1. The van der Waals surface area contributed by atoms with Crippen LogP contribution in [0.15, 0.2) is 39.8 Å². The van der Waals surface area contributed by atoms with Crippen LogP contribution in [0.5, 0.6) is 0 Å². The van der Waals surface area contributed by atoms with Gasteiger partial charge >= 0.3 is 0 Å². The molecule has 4 rings (SSSR count). The van der Waals surface area contributed by atoms with Crippen LogP contribution >= 0.6 is 38.6 Å². The lowest BCUT2D eigenvalue weighted by atomic mass is 9.90. The van der Waals surface area contributed by atoms with Crippen molar-refractivity contribution in [2.75, 3.05) is 0 Å². The largest absolute Gasteiger partial charge is 0.379 e. The number of nitrogens with zero attached hydrogens (tertiary/aromatic N) is 2. The van der Waals surface area contributed by atoms with E-state index in [9.17, 15) is 5.11 Å². The Morgan fingerprint density at radius 1 is 1.29 bits per heavy atom. The molecule has 1 aromatic carbocycles. The normalized spacial score (nSPS) is 20.7. The lowest BCUT2D eigenvalue weighted by Gasteiger charge is -2.23. The van der Waals surface area contributed by atoms with Gasteiger partial charge in [0.2, 0.25) is 0 Å². The topological polar surface area (TPSA) is 46.0 Å². The second-order valence-corrected chi connectivity index (χ2v) is 7.65. The van der Waals surface area contributed by atoms with Gasteiger partial charge in [-0.25, -0.2) is 9.97 Å². The monoisotopic (exact) mass is 378 g/mol. The van der Waals surface area contributed by atoms with E-state index < -0.39 is 5.60 Å². The van der Waals surface area contributed by atoms with Crippen molar-refractivity contribution in [1.29, 1.82) is 0 Å². The first-order valence-electron chi connectivity index (χ1n) is 6.54. The van der Waals surface area contributed by atoms with Gasteiger partial charge in [-0.1, -0.05) is 18.2 Å². The van der Waals surface area contributed by atoms with Gasteiger partial charge in [-0.3, -0.25) is 0 Å². The van der Waals surface area contributed by atoms with E-state index in [-0.39, 0.29) is 0 Å². The minimum Gasteiger partial charge on any atom is -0.379 e. The third kappa shape index (κ3) is 2.17. The number of aromatic nitrogens is 2. The van der Waals surface area contributed by atoms with Crippen LogP contribution in [0.2, 0.25) is 0 Å². The number of halogens is 1. The number of aliphatic hydroxyl groups is 1. The van der Waals surface area contributed by atoms with E-state index in [1.54, 1.807) is 22.7 Å². The summed E-state index contributed by atoms with van der Waals surface area (Å²) in [7, 11) is 0. The fourth-order valence-corrected chi connectivity index (χ4v) is 4.86. The first-order chi connectivity index (χ1) is 10.2. The predicted molar refractivity (Wildman–Crippen MR) is 88.7 cm³/mol. The van der Waals surface area contributed by atoms with Crippen LogP contribution in [0.4, 0.5) is 0 Å². The third-order valence-electron chi connectivity index (χ3n) is 3.81. The Labute approximate surface area is 138 Å². The quantitative estimate of drug-likeness (QED) is 0.726. The van der Waals surface area contributed by atoms with E-state index in [0.717, 1.165) is 32.9 Å². The molecule has 0 amide bonds. The summed E-state index contributed by atoms with van der Waals surface area (Å²) in [5.41, 5.74) is 3.61. The Morgan fingerprint density at radius 2 is 2.19 bits per heavy atom. The molecule has 1 atom stereocenters. The molecule has 21 heavy (non-hydrogen) atoms. The summed E-state index contributed by atoms with van der Waals surface area (Å²) in [6.45, 7) is 0. The highest BCUT2D eigenvalue weighted by atomic mass is 79.9. The molecule has 0 bridgehead atoms. The molecule has 106 valence electrons. The van der Waals surface area contributed by atoms with E-state index in [4.69, 9.17) is 0 Å². The van der Waals surface area contributed by atoms with Gasteiger partial charge in [0, 0.05) is 15.8 Å². The lowest BCUT2D eigenvalue weighted by Crippen LogP contribution is -2.24. The molecule has 0 saturated heterocycles. The molecule has 0 aliphatic heterocycles. The van der Waals surface area contributed by atoms with Gasteiger partial charge < -0.3 is 5.11 Å². The fourth-order valence-electron chi connectivity index (χ4n) is 2.78. The number of hydrogen-bond donors (Lipinski definition) is 1. The fraction of sp³-hybridized carbons (Fsp3) is 0.200. The van der Waals surface area contributed by atoms with E-state index in [1.165, 1.54) is 4.88 Å². The van der Waals surface area contributed by atoms with E-state index in [2.05, 4.69) is 25.9 Å². The smallest absolute Gasteiger partial charge is 0.133 e. The second kappa shape index (κ2) is 4.98. The van der Waals surface area contributed by atoms with Crippen molar-refractivity contribution in [3.05, 3.63) is 55.9 Å². The zero-order chi connectivity index (χ0) is 14.4. The summed E-state index contributed by atoms with van der Waals surface area (Å²) < 4.78 is 0.842. The summed E-state index contributed by atoms with van der Waals surface area (Å²) >= 11 is 6.59. The lowest BCUT2D eigenvalue weighted by molar-refractivity contribution is 0.0790. The average Bonchev–Trinajstić information content (AvgIpc) is 3.18. The Morgan fingerprint density at radius 3 is 3.00 bits per heavy atom. The summed E-state index contributed by atoms with van der Waals surface area (Å²) in [5, 5.41) is 14.0. The molecule has 3 nitrogen and oxygen atoms in total. The highest BCUT2D eigenvalue weighted by molar-refractivity contribution is 9.10. The maximum Gasteiger partial charge on any atom is 0.133 e. The van der Waals surface area contributed by atoms with Crippen molar-refractivity contribution >= 4 is 38.6 Å². The van der Waals surface area contributed by atoms with Gasteiger partial charge in [-0.05, 0) is 40.4 Å². The third-order valence-corrected chi connectivity index (χ3v) is 6.30. The number of aryl methyl sites for hydroxylation is 1. The van der Waals surface area contributed by atoms with Gasteiger partial charge in [0.05, 0.1) is 11.2 Å². The van der Waals surface area contributed by atoms with Crippen LogP contribution in [-0.2, 0) is 12.0 Å². The van der Waals surface area contributed by atoms with Gasteiger partial charge in [-0.15, -0.1) is 22.7 Å². The van der Waals surface area contributed by atoms with Crippen LogP contribution in [0, 0.1) is 0 Å². The Hall–Kier alpha value is -1.08. The number of rotatable bonds is 2. The van der Waals surface area contributed by atoms with Crippen LogP contribution in [0.1, 0.15) is 22.6 Å². The highest BCUT2D eigenvalue weighted by Gasteiger charge is 2.40. The van der Waals surface area contributed by atoms with Crippen LogP contribution in [0.25, 0.3) is 10.6 Å². The van der Waals surface area contributed by atoms with Crippen LogP contribution in [-0.4, -0.2) is 15.1 Å². The number of fused-ring (bicyclic) bond motifs is 1. The summed E-state index contributed by atoms with van der Waals surface area (Å²) in [6.07, 6.45) is 1.59. The molecule has 6 heteroatoms. The molecule has 2 heterocycles. The van der Waals surface area contributed by atoms with Crippen molar-refractivity contribution in [2.24, 2.45) is 0 Å². The van der Waals surface area contributed by atoms with Gasteiger partial charge in [0.25, 0.3) is 0 Å². The zero-order valence-corrected chi connectivity index (χ0v) is 14.1.